The van der Waals surface area contributed by atoms with Crippen LogP contribution in [0.15, 0.2) is 0 Å². The van der Waals surface area contributed by atoms with Crippen LogP contribution in [0.5, 0.6) is 0 Å². The Bertz CT molecular complexity index is 238. The molecule has 16 heavy (non-hydrogen) atoms. The Morgan fingerprint density at radius 2 is 2.00 bits per heavy atom. The predicted molar refractivity (Wildman–Crippen MR) is 62.6 cm³/mol. The van der Waals surface area contributed by atoms with E-state index in [0.29, 0.717) is 0 Å². The summed E-state index contributed by atoms with van der Waals surface area (Å²) in [5.74, 6) is 0.469. The van der Waals surface area contributed by atoms with Gasteiger partial charge in [0.05, 0.1) is 6.61 Å². The number of carbonyl (C=O) groups is 2. The molecule has 0 rings (SSSR count). The highest BCUT2D eigenvalue weighted by molar-refractivity contribution is 7.99. The molecule has 0 aliphatic carbocycles. The number of hydrogen-bond acceptors (Lipinski definition) is 4. The molecule has 0 bridgehead atoms. The summed E-state index contributed by atoms with van der Waals surface area (Å²) >= 11 is 1.68. The minimum atomic E-state index is -1.26. The van der Waals surface area contributed by atoms with Gasteiger partial charge in [0, 0.05) is 11.8 Å². The molecule has 94 valence electrons. The number of aliphatic hydroxyl groups is 1. The molecule has 0 radical (unpaired) electrons. The van der Waals surface area contributed by atoms with Crippen LogP contribution in [0.1, 0.15) is 13.8 Å². The van der Waals surface area contributed by atoms with E-state index in [9.17, 15) is 9.59 Å². The number of thioether (sulfide) groups is 1. The second-order valence-electron chi connectivity index (χ2n) is 3.25. The van der Waals surface area contributed by atoms with Crippen LogP contribution in [0.3, 0.4) is 0 Å². The summed E-state index contributed by atoms with van der Waals surface area (Å²) in [5, 5.41) is 22.0. The molecule has 6 nitrogen and oxygen atoms in total. The van der Waals surface area contributed by atoms with Gasteiger partial charge in [0.2, 0.25) is 0 Å². The molecule has 0 aliphatic heterocycles. The van der Waals surface area contributed by atoms with Gasteiger partial charge in [-0.15, -0.1) is 0 Å². The van der Waals surface area contributed by atoms with Crippen LogP contribution in [0, 0.1) is 0 Å². The lowest BCUT2D eigenvalue weighted by atomic mass is 10.3. The third-order valence-electron chi connectivity index (χ3n) is 1.74. The Balaban J connectivity index is 3.92. The molecule has 0 aromatic heterocycles. The zero-order valence-electron chi connectivity index (χ0n) is 9.40. The summed E-state index contributed by atoms with van der Waals surface area (Å²) in [4.78, 5) is 21.8. The quantitative estimate of drug-likeness (QED) is 0.504. The number of carboxylic acids is 1. The van der Waals surface area contributed by atoms with Gasteiger partial charge in [-0.3, -0.25) is 0 Å². The van der Waals surface area contributed by atoms with Gasteiger partial charge in [-0.1, -0.05) is 6.92 Å². The summed E-state index contributed by atoms with van der Waals surface area (Å²) in [6.45, 7) is 3.22. The molecular weight excluding hydrogens is 232 g/mol. The number of aliphatic hydroxyl groups excluding tert-OH is 1. The number of carbonyl (C=O) groups excluding carboxylic acids is 1. The van der Waals surface area contributed by atoms with E-state index in [4.69, 9.17) is 10.2 Å². The van der Waals surface area contributed by atoms with Gasteiger partial charge in [0.1, 0.15) is 0 Å². The van der Waals surface area contributed by atoms with Crippen molar-refractivity contribution in [3.63, 3.8) is 0 Å². The lowest BCUT2D eigenvalue weighted by Gasteiger charge is -2.16. The molecule has 0 fully saturated rings. The van der Waals surface area contributed by atoms with Gasteiger partial charge < -0.3 is 20.8 Å². The van der Waals surface area contributed by atoms with E-state index in [1.165, 1.54) is 0 Å². The minimum Gasteiger partial charge on any atom is -0.480 e. The van der Waals surface area contributed by atoms with Crippen molar-refractivity contribution in [1.82, 2.24) is 10.6 Å². The van der Waals surface area contributed by atoms with Crippen LogP contribution >= 0.6 is 11.8 Å². The molecule has 0 aliphatic rings. The highest BCUT2D eigenvalue weighted by Crippen LogP contribution is 2.00. The Morgan fingerprint density at radius 1 is 1.38 bits per heavy atom. The number of urea groups is 1. The lowest BCUT2D eigenvalue weighted by Crippen LogP contribution is -2.50. The van der Waals surface area contributed by atoms with Crippen LogP contribution in [-0.4, -0.2) is 52.4 Å². The standard InChI is InChI=1S/C9H18N2O4S/c1-3-16-5-6(2)10-9(15)11-7(4-12)8(13)14/h6-7,12H,3-5H2,1-2H3,(H,13,14)(H2,10,11,15). The van der Waals surface area contributed by atoms with E-state index in [1.807, 2.05) is 13.8 Å². The molecule has 7 heteroatoms. The van der Waals surface area contributed by atoms with Crippen molar-refractivity contribution in [3.05, 3.63) is 0 Å². The first kappa shape index (κ1) is 15.0. The van der Waals surface area contributed by atoms with Crippen molar-refractivity contribution in [2.24, 2.45) is 0 Å². The van der Waals surface area contributed by atoms with E-state index in [1.54, 1.807) is 11.8 Å². The third-order valence-corrected chi connectivity index (χ3v) is 2.88. The van der Waals surface area contributed by atoms with Crippen molar-refractivity contribution < 1.29 is 19.8 Å². The average molecular weight is 250 g/mol. The second kappa shape index (κ2) is 8.23. The summed E-state index contributed by atoms with van der Waals surface area (Å²) in [6.07, 6.45) is 0. The van der Waals surface area contributed by atoms with Crippen molar-refractivity contribution in [1.29, 1.82) is 0 Å². The summed E-state index contributed by atoms with van der Waals surface area (Å²) < 4.78 is 0. The first-order valence-electron chi connectivity index (χ1n) is 4.99. The molecule has 2 atom stereocenters. The molecule has 4 N–H and O–H groups in total. The maximum Gasteiger partial charge on any atom is 0.328 e. The van der Waals surface area contributed by atoms with E-state index in [0.717, 1.165) is 11.5 Å². The third kappa shape index (κ3) is 6.52. The van der Waals surface area contributed by atoms with Gasteiger partial charge >= 0.3 is 12.0 Å². The second-order valence-corrected chi connectivity index (χ2v) is 4.57. The molecule has 0 spiro atoms. The first-order valence-corrected chi connectivity index (χ1v) is 6.15. The van der Waals surface area contributed by atoms with Gasteiger partial charge in [-0.05, 0) is 12.7 Å². The van der Waals surface area contributed by atoms with Crippen molar-refractivity contribution in [3.8, 4) is 0 Å². The van der Waals surface area contributed by atoms with Crippen molar-refractivity contribution in [2.45, 2.75) is 25.9 Å². The Kier molecular flexibility index (Phi) is 7.74. The number of hydrogen-bond donors (Lipinski definition) is 4. The number of aliphatic carboxylic acids is 1. The van der Waals surface area contributed by atoms with Crippen LogP contribution in [0.25, 0.3) is 0 Å². The summed E-state index contributed by atoms with van der Waals surface area (Å²) in [5.41, 5.74) is 0. The molecule has 0 heterocycles. The molecule has 0 aromatic carbocycles. The van der Waals surface area contributed by atoms with Gasteiger partial charge in [-0.2, -0.15) is 11.8 Å². The van der Waals surface area contributed by atoms with Crippen molar-refractivity contribution >= 4 is 23.8 Å². The van der Waals surface area contributed by atoms with Crippen LogP contribution in [0.4, 0.5) is 4.79 Å². The highest BCUT2D eigenvalue weighted by Gasteiger charge is 2.19. The smallest absolute Gasteiger partial charge is 0.328 e. The van der Waals surface area contributed by atoms with E-state index in [2.05, 4.69) is 10.6 Å². The van der Waals surface area contributed by atoms with Gasteiger partial charge in [0.25, 0.3) is 0 Å². The molecular formula is C9H18N2O4S. The maximum absolute atomic E-state index is 11.3. The molecule has 0 saturated heterocycles. The maximum atomic E-state index is 11.3. The number of rotatable bonds is 7. The highest BCUT2D eigenvalue weighted by atomic mass is 32.2. The molecule has 0 saturated carbocycles. The zero-order valence-corrected chi connectivity index (χ0v) is 10.2. The van der Waals surface area contributed by atoms with Gasteiger partial charge in [-0.25, -0.2) is 9.59 Å². The van der Waals surface area contributed by atoms with Crippen LogP contribution < -0.4 is 10.6 Å². The minimum absolute atomic E-state index is 0.0434. The van der Waals surface area contributed by atoms with Crippen LogP contribution in [-0.2, 0) is 4.79 Å². The normalized spacial score (nSPS) is 13.9. The monoisotopic (exact) mass is 250 g/mol. The molecule has 2 unspecified atom stereocenters. The van der Waals surface area contributed by atoms with E-state index < -0.39 is 24.6 Å². The fraction of sp³-hybridized carbons (Fsp3) is 0.778. The Hall–Kier alpha value is -0.950. The van der Waals surface area contributed by atoms with Gasteiger partial charge in [0.15, 0.2) is 6.04 Å². The van der Waals surface area contributed by atoms with Crippen LogP contribution in [0.2, 0.25) is 0 Å². The largest absolute Gasteiger partial charge is 0.480 e. The summed E-state index contributed by atoms with van der Waals surface area (Å²) in [6, 6.07) is -1.88. The first-order chi connectivity index (χ1) is 7.51. The SMILES string of the molecule is CCSCC(C)NC(=O)NC(CO)C(=O)O. The fourth-order valence-corrected chi connectivity index (χ4v) is 1.62. The number of amides is 2. The molecule has 0 aromatic rings. The topological polar surface area (TPSA) is 98.7 Å². The van der Waals surface area contributed by atoms with E-state index in [-0.39, 0.29) is 6.04 Å². The fourth-order valence-electron chi connectivity index (χ4n) is 0.945. The average Bonchev–Trinajstić information content (AvgIpc) is 2.22. The van der Waals surface area contributed by atoms with E-state index >= 15 is 0 Å². The number of carboxylic acid groups (broad SMARTS) is 1. The predicted octanol–water partition coefficient (Wildman–Crippen LogP) is -0.127. The summed E-state index contributed by atoms with van der Waals surface area (Å²) in [7, 11) is 0. The Labute approximate surface area is 98.8 Å². The lowest BCUT2D eigenvalue weighted by molar-refractivity contribution is -0.140. The zero-order chi connectivity index (χ0) is 12.6. The number of nitrogens with one attached hydrogen (secondary N) is 2. The molecule has 2 amide bonds. The van der Waals surface area contributed by atoms with Crippen molar-refractivity contribution in [2.75, 3.05) is 18.1 Å². The Morgan fingerprint density at radius 3 is 2.44 bits per heavy atom.